The standard InChI is InChI=1S/C20H12Cl2FN3O3/c21-12-2-3-13-11(8-24-16(13)7-12)6-17-19(28)26(20(29)25-17)18(9-27)10-1-4-14(22)15(23)5-10/h1-9,18,28H,(H,25,29)/b11-6+. The van der Waals surface area contributed by atoms with E-state index in [0.717, 1.165) is 16.2 Å². The maximum Gasteiger partial charge on any atom is 0.329 e. The van der Waals surface area contributed by atoms with Crippen molar-refractivity contribution in [2.45, 2.75) is 6.04 Å². The Morgan fingerprint density at radius 1 is 1.21 bits per heavy atom. The zero-order chi connectivity index (χ0) is 20.7. The topological polar surface area (TPSA) is 87.4 Å². The van der Waals surface area contributed by atoms with Crippen LogP contribution in [-0.4, -0.2) is 27.2 Å². The number of aromatic amines is 1. The van der Waals surface area contributed by atoms with Crippen molar-refractivity contribution in [3.05, 3.63) is 79.6 Å². The van der Waals surface area contributed by atoms with Crippen LogP contribution in [0.5, 0.6) is 5.88 Å². The monoisotopic (exact) mass is 431 g/mol. The van der Waals surface area contributed by atoms with E-state index in [-0.39, 0.29) is 16.3 Å². The molecule has 0 fully saturated rings. The smallest absolute Gasteiger partial charge is 0.329 e. The number of hydrogen-bond acceptors (Lipinski definition) is 4. The van der Waals surface area contributed by atoms with Crippen molar-refractivity contribution in [1.82, 2.24) is 9.55 Å². The molecule has 4 rings (SSSR count). The van der Waals surface area contributed by atoms with Crippen molar-refractivity contribution in [3.63, 3.8) is 0 Å². The summed E-state index contributed by atoms with van der Waals surface area (Å²) in [5, 5.41) is 11.0. The SMILES string of the molecule is O=CC(c1ccc(Cl)c(F)c1)n1c(O)c(/C=C2\C=Nc3cc(Cl)ccc32)[nH]c1=O. The summed E-state index contributed by atoms with van der Waals surface area (Å²) in [4.78, 5) is 30.9. The van der Waals surface area contributed by atoms with Crippen LogP contribution in [0.3, 0.4) is 0 Å². The summed E-state index contributed by atoms with van der Waals surface area (Å²) in [5.74, 6) is -1.20. The molecule has 2 N–H and O–H groups in total. The Morgan fingerprint density at radius 3 is 2.72 bits per heavy atom. The molecule has 6 nitrogen and oxygen atoms in total. The Morgan fingerprint density at radius 2 is 2.00 bits per heavy atom. The third-order valence-electron chi connectivity index (χ3n) is 4.54. The van der Waals surface area contributed by atoms with Crippen LogP contribution in [0.15, 0.2) is 46.2 Å². The van der Waals surface area contributed by atoms with Crippen molar-refractivity contribution < 1.29 is 14.3 Å². The van der Waals surface area contributed by atoms with Gasteiger partial charge in [0, 0.05) is 22.4 Å². The molecule has 0 aliphatic carbocycles. The van der Waals surface area contributed by atoms with E-state index in [0.29, 0.717) is 22.6 Å². The summed E-state index contributed by atoms with van der Waals surface area (Å²) in [6, 6.07) is 7.66. The van der Waals surface area contributed by atoms with Gasteiger partial charge in [0.25, 0.3) is 0 Å². The molecule has 0 saturated heterocycles. The molecule has 2 aromatic carbocycles. The number of aliphatic imine (C=N–C) groups is 1. The minimum Gasteiger partial charge on any atom is -0.493 e. The molecule has 1 aliphatic rings. The molecule has 1 unspecified atom stereocenters. The van der Waals surface area contributed by atoms with Gasteiger partial charge in [-0.15, -0.1) is 0 Å². The summed E-state index contributed by atoms with van der Waals surface area (Å²) in [7, 11) is 0. The number of aromatic nitrogens is 2. The van der Waals surface area contributed by atoms with Gasteiger partial charge in [-0.3, -0.25) is 4.99 Å². The van der Waals surface area contributed by atoms with E-state index in [4.69, 9.17) is 23.2 Å². The summed E-state index contributed by atoms with van der Waals surface area (Å²) < 4.78 is 14.6. The lowest BCUT2D eigenvalue weighted by molar-refractivity contribution is -0.109. The summed E-state index contributed by atoms with van der Waals surface area (Å²) >= 11 is 11.6. The van der Waals surface area contributed by atoms with Crippen LogP contribution in [0, 0.1) is 5.82 Å². The van der Waals surface area contributed by atoms with Gasteiger partial charge in [0.2, 0.25) is 5.88 Å². The van der Waals surface area contributed by atoms with Crippen molar-refractivity contribution in [2.24, 2.45) is 4.99 Å². The van der Waals surface area contributed by atoms with Crippen molar-refractivity contribution >= 4 is 53.0 Å². The van der Waals surface area contributed by atoms with E-state index in [9.17, 15) is 19.1 Å². The predicted molar refractivity (Wildman–Crippen MR) is 110 cm³/mol. The number of imidazole rings is 1. The van der Waals surface area contributed by atoms with Crippen LogP contribution >= 0.6 is 23.2 Å². The predicted octanol–water partition coefficient (Wildman–Crippen LogP) is 4.37. The van der Waals surface area contributed by atoms with E-state index >= 15 is 0 Å². The summed E-state index contributed by atoms with van der Waals surface area (Å²) in [6.45, 7) is 0. The fraction of sp³-hybridized carbons (Fsp3) is 0.0500. The number of H-pyrrole nitrogens is 1. The number of halogens is 3. The van der Waals surface area contributed by atoms with Gasteiger partial charge < -0.3 is 14.9 Å². The third kappa shape index (κ3) is 3.39. The molecule has 3 aromatic rings. The number of aromatic hydroxyl groups is 1. The number of nitrogens with one attached hydrogen (secondary N) is 1. The lowest BCUT2D eigenvalue weighted by atomic mass is 10.1. The molecule has 0 saturated carbocycles. The Hall–Kier alpha value is -3.16. The highest BCUT2D eigenvalue weighted by atomic mass is 35.5. The Kier molecular flexibility index (Phi) is 4.86. The molecule has 1 atom stereocenters. The van der Waals surface area contributed by atoms with Gasteiger partial charge in [-0.2, -0.15) is 0 Å². The average molecular weight is 432 g/mol. The minimum atomic E-state index is -1.24. The van der Waals surface area contributed by atoms with E-state index in [1.165, 1.54) is 18.2 Å². The first-order valence-electron chi connectivity index (χ1n) is 8.38. The third-order valence-corrected chi connectivity index (χ3v) is 5.08. The zero-order valence-electron chi connectivity index (χ0n) is 14.6. The van der Waals surface area contributed by atoms with Gasteiger partial charge in [-0.25, -0.2) is 13.8 Å². The van der Waals surface area contributed by atoms with Crippen LogP contribution in [0.25, 0.3) is 11.6 Å². The molecule has 1 aromatic heterocycles. The van der Waals surface area contributed by atoms with E-state index in [1.807, 2.05) is 0 Å². The van der Waals surface area contributed by atoms with E-state index in [2.05, 4.69) is 9.98 Å². The number of nitrogens with zero attached hydrogens (tertiary/aromatic N) is 2. The minimum absolute atomic E-state index is 0.0838. The molecule has 1 aliphatic heterocycles. The highest BCUT2D eigenvalue weighted by molar-refractivity contribution is 6.31. The van der Waals surface area contributed by atoms with Crippen molar-refractivity contribution in [2.75, 3.05) is 0 Å². The average Bonchev–Trinajstić information content (AvgIpc) is 3.20. The van der Waals surface area contributed by atoms with Crippen LogP contribution < -0.4 is 5.69 Å². The Labute approximate surface area is 173 Å². The van der Waals surface area contributed by atoms with Crippen molar-refractivity contribution in [1.29, 1.82) is 0 Å². The first kappa shape index (κ1) is 19.2. The first-order valence-corrected chi connectivity index (χ1v) is 9.14. The van der Waals surface area contributed by atoms with Gasteiger partial charge in [0.1, 0.15) is 23.8 Å². The number of aldehydes is 1. The lowest BCUT2D eigenvalue weighted by Gasteiger charge is -2.13. The quantitative estimate of drug-likeness (QED) is 0.601. The van der Waals surface area contributed by atoms with E-state index in [1.54, 1.807) is 24.4 Å². The molecule has 9 heteroatoms. The van der Waals surface area contributed by atoms with Crippen LogP contribution in [0.1, 0.15) is 22.9 Å². The molecule has 0 amide bonds. The van der Waals surface area contributed by atoms with Gasteiger partial charge in [-0.1, -0.05) is 35.3 Å². The summed E-state index contributed by atoms with van der Waals surface area (Å²) in [6.07, 6.45) is 3.53. The fourth-order valence-electron chi connectivity index (χ4n) is 3.14. The molecule has 29 heavy (non-hydrogen) atoms. The molecular formula is C20H12Cl2FN3O3. The second kappa shape index (κ2) is 7.35. The number of hydrogen-bond donors (Lipinski definition) is 2. The zero-order valence-corrected chi connectivity index (χ0v) is 16.1. The molecule has 0 spiro atoms. The van der Waals surface area contributed by atoms with Gasteiger partial charge in [0.15, 0.2) is 0 Å². The molecular weight excluding hydrogens is 420 g/mol. The van der Waals surface area contributed by atoms with Crippen LogP contribution in [0.4, 0.5) is 10.1 Å². The normalized spacial score (nSPS) is 14.9. The number of carbonyl (C=O) groups is 1. The molecule has 146 valence electrons. The first-order chi connectivity index (χ1) is 13.9. The number of benzene rings is 2. The largest absolute Gasteiger partial charge is 0.493 e. The second-order valence-corrected chi connectivity index (χ2v) is 7.15. The molecule has 0 radical (unpaired) electrons. The number of carbonyl (C=O) groups excluding carboxylic acids is 1. The van der Waals surface area contributed by atoms with Gasteiger partial charge in [-0.05, 0) is 35.9 Å². The lowest BCUT2D eigenvalue weighted by Crippen LogP contribution is -2.24. The number of allylic oxidation sites excluding steroid dienone is 1. The molecule has 2 heterocycles. The second-order valence-electron chi connectivity index (χ2n) is 6.31. The maximum absolute atomic E-state index is 13.8. The summed E-state index contributed by atoms with van der Waals surface area (Å²) in [5.41, 5.74) is 1.59. The Balaban J connectivity index is 1.78. The van der Waals surface area contributed by atoms with Crippen LogP contribution in [-0.2, 0) is 4.79 Å². The number of rotatable bonds is 4. The molecule has 0 bridgehead atoms. The van der Waals surface area contributed by atoms with E-state index < -0.39 is 23.4 Å². The number of fused-ring (bicyclic) bond motifs is 1. The van der Waals surface area contributed by atoms with Crippen LogP contribution in [0.2, 0.25) is 10.0 Å². The maximum atomic E-state index is 13.8. The highest BCUT2D eigenvalue weighted by Gasteiger charge is 2.23. The highest BCUT2D eigenvalue weighted by Crippen LogP contribution is 2.35. The Bertz CT molecular complexity index is 1260. The van der Waals surface area contributed by atoms with Crippen molar-refractivity contribution in [3.8, 4) is 5.88 Å². The fourth-order valence-corrected chi connectivity index (χ4v) is 3.42. The van der Waals surface area contributed by atoms with Gasteiger partial charge in [0.05, 0.1) is 10.7 Å². The van der Waals surface area contributed by atoms with Gasteiger partial charge >= 0.3 is 5.69 Å².